The van der Waals surface area contributed by atoms with Gasteiger partial charge in [0.25, 0.3) is 5.88 Å². The summed E-state index contributed by atoms with van der Waals surface area (Å²) in [6.45, 7) is 0.515. The van der Waals surface area contributed by atoms with E-state index in [-0.39, 0.29) is 5.88 Å². The molecule has 0 bridgehead atoms. The van der Waals surface area contributed by atoms with E-state index in [0.29, 0.717) is 6.54 Å². The van der Waals surface area contributed by atoms with Crippen LogP contribution in [-0.4, -0.2) is 29.7 Å². The zero-order chi connectivity index (χ0) is 12.3. The van der Waals surface area contributed by atoms with Crippen LogP contribution in [0.25, 0.3) is 0 Å². The molecule has 90 valence electrons. The Morgan fingerprint density at radius 2 is 2.00 bits per heavy atom. The van der Waals surface area contributed by atoms with Gasteiger partial charge < -0.3 is 4.18 Å². The molecule has 0 unspecified atom stereocenters. The van der Waals surface area contributed by atoms with Crippen LogP contribution in [0.15, 0.2) is 36.5 Å². The average Bonchev–Trinajstić information content (AvgIpc) is 2.64. The van der Waals surface area contributed by atoms with Crippen LogP contribution in [0, 0.1) is 0 Å². The molecule has 0 saturated carbocycles. The second-order valence-corrected chi connectivity index (χ2v) is 5.10. The molecule has 0 fully saturated rings. The minimum Gasteiger partial charge on any atom is -0.358 e. The number of hydrogen-bond acceptors (Lipinski definition) is 5. The molecule has 6 nitrogen and oxygen atoms in total. The minimum absolute atomic E-state index is 0.0246. The number of aromatic nitrogens is 3. The first kappa shape index (κ1) is 11.6. The third-order valence-corrected chi connectivity index (χ3v) is 2.42. The standard InChI is InChI=1S/C10H11N3O3S/c1-17(14,15)16-10-8-13(12-11-10)7-9-5-3-2-4-6-9/h2-6,8H,7H2,1H3. The van der Waals surface area contributed by atoms with Gasteiger partial charge in [0.05, 0.1) is 19.0 Å². The second kappa shape index (κ2) is 4.54. The van der Waals surface area contributed by atoms with Crippen LogP contribution in [0.2, 0.25) is 0 Å². The lowest BCUT2D eigenvalue weighted by molar-refractivity contribution is 0.482. The predicted molar refractivity (Wildman–Crippen MR) is 61.0 cm³/mol. The van der Waals surface area contributed by atoms with Gasteiger partial charge in [-0.05, 0) is 5.56 Å². The van der Waals surface area contributed by atoms with E-state index in [4.69, 9.17) is 0 Å². The maximum atomic E-state index is 10.9. The summed E-state index contributed by atoms with van der Waals surface area (Å²) in [6, 6.07) is 9.64. The van der Waals surface area contributed by atoms with Crippen molar-refractivity contribution in [3.05, 3.63) is 42.1 Å². The molecule has 17 heavy (non-hydrogen) atoms. The molecule has 0 aliphatic carbocycles. The van der Waals surface area contributed by atoms with Crippen LogP contribution in [0.3, 0.4) is 0 Å². The molecule has 0 saturated heterocycles. The molecule has 0 amide bonds. The van der Waals surface area contributed by atoms with Crippen molar-refractivity contribution in [1.82, 2.24) is 15.0 Å². The van der Waals surface area contributed by atoms with E-state index in [9.17, 15) is 8.42 Å². The van der Waals surface area contributed by atoms with Crippen molar-refractivity contribution in [3.8, 4) is 5.88 Å². The van der Waals surface area contributed by atoms with Crippen LogP contribution < -0.4 is 4.18 Å². The molecule has 0 aliphatic heterocycles. The van der Waals surface area contributed by atoms with E-state index >= 15 is 0 Å². The largest absolute Gasteiger partial charge is 0.358 e. The van der Waals surface area contributed by atoms with E-state index in [0.717, 1.165) is 11.8 Å². The molecular formula is C10H11N3O3S. The topological polar surface area (TPSA) is 74.1 Å². The fourth-order valence-corrected chi connectivity index (χ4v) is 1.71. The molecule has 1 aromatic heterocycles. The smallest absolute Gasteiger partial charge is 0.307 e. The van der Waals surface area contributed by atoms with Gasteiger partial charge in [-0.2, -0.15) is 8.42 Å². The summed E-state index contributed by atoms with van der Waals surface area (Å²) < 4.78 is 27.8. The normalized spacial score (nSPS) is 11.4. The van der Waals surface area contributed by atoms with Crippen LogP contribution in [0.1, 0.15) is 5.56 Å². The molecule has 0 aliphatic rings. The number of hydrogen-bond donors (Lipinski definition) is 0. The van der Waals surface area contributed by atoms with Crippen molar-refractivity contribution in [1.29, 1.82) is 0 Å². The van der Waals surface area contributed by atoms with Crippen molar-refractivity contribution in [3.63, 3.8) is 0 Å². The summed E-state index contributed by atoms with van der Waals surface area (Å²) in [5.74, 6) is -0.0246. The summed E-state index contributed by atoms with van der Waals surface area (Å²) >= 11 is 0. The quantitative estimate of drug-likeness (QED) is 0.748. The Kier molecular flexibility index (Phi) is 3.10. The van der Waals surface area contributed by atoms with Gasteiger partial charge in [0.15, 0.2) is 0 Å². The fourth-order valence-electron chi connectivity index (χ4n) is 1.32. The Hall–Kier alpha value is -1.89. The van der Waals surface area contributed by atoms with Gasteiger partial charge in [0.1, 0.15) is 0 Å². The summed E-state index contributed by atoms with van der Waals surface area (Å²) in [7, 11) is -3.55. The highest BCUT2D eigenvalue weighted by Crippen LogP contribution is 2.08. The van der Waals surface area contributed by atoms with Crippen molar-refractivity contribution in [2.75, 3.05) is 6.26 Å². The van der Waals surface area contributed by atoms with Gasteiger partial charge >= 0.3 is 10.1 Å². The zero-order valence-corrected chi connectivity index (χ0v) is 9.96. The Balaban J connectivity index is 2.09. The zero-order valence-electron chi connectivity index (χ0n) is 9.15. The summed E-state index contributed by atoms with van der Waals surface area (Å²) in [5, 5.41) is 7.38. The van der Waals surface area contributed by atoms with E-state index in [1.165, 1.54) is 10.9 Å². The highest BCUT2D eigenvalue weighted by molar-refractivity contribution is 7.86. The second-order valence-electron chi connectivity index (χ2n) is 3.53. The van der Waals surface area contributed by atoms with Gasteiger partial charge in [-0.1, -0.05) is 40.6 Å². The monoisotopic (exact) mass is 253 g/mol. The fraction of sp³-hybridized carbons (Fsp3) is 0.200. The molecule has 0 spiro atoms. The highest BCUT2D eigenvalue weighted by Gasteiger charge is 2.08. The van der Waals surface area contributed by atoms with Gasteiger partial charge in [-0.25, -0.2) is 4.68 Å². The molecule has 2 aromatic rings. The van der Waals surface area contributed by atoms with Gasteiger partial charge in [0, 0.05) is 0 Å². The van der Waals surface area contributed by atoms with Gasteiger partial charge in [-0.15, -0.1) is 0 Å². The molecule has 1 aromatic carbocycles. The lowest BCUT2D eigenvalue weighted by atomic mass is 10.2. The molecule has 1 heterocycles. The van der Waals surface area contributed by atoms with Crippen molar-refractivity contribution in [2.24, 2.45) is 0 Å². The minimum atomic E-state index is -3.55. The number of rotatable bonds is 4. The lowest BCUT2D eigenvalue weighted by Gasteiger charge is -1.99. The third kappa shape index (κ3) is 3.56. The molecule has 0 atom stereocenters. The lowest BCUT2D eigenvalue weighted by Crippen LogP contribution is -2.05. The molecule has 0 N–H and O–H groups in total. The summed E-state index contributed by atoms with van der Waals surface area (Å²) in [6.07, 6.45) is 2.40. The average molecular weight is 253 g/mol. The van der Waals surface area contributed by atoms with Crippen molar-refractivity contribution < 1.29 is 12.6 Å². The van der Waals surface area contributed by atoms with Crippen molar-refractivity contribution in [2.45, 2.75) is 6.54 Å². The van der Waals surface area contributed by atoms with Crippen LogP contribution in [0.4, 0.5) is 0 Å². The number of nitrogens with zero attached hydrogens (tertiary/aromatic N) is 3. The van der Waals surface area contributed by atoms with Crippen LogP contribution >= 0.6 is 0 Å². The first-order valence-corrected chi connectivity index (χ1v) is 6.68. The highest BCUT2D eigenvalue weighted by atomic mass is 32.2. The third-order valence-electron chi connectivity index (χ3n) is 1.94. The van der Waals surface area contributed by atoms with E-state index < -0.39 is 10.1 Å². The molecule has 0 radical (unpaired) electrons. The van der Waals surface area contributed by atoms with Crippen molar-refractivity contribution >= 4 is 10.1 Å². The summed E-state index contributed by atoms with van der Waals surface area (Å²) in [4.78, 5) is 0. The maximum absolute atomic E-state index is 10.9. The van der Waals surface area contributed by atoms with Crippen LogP contribution in [0.5, 0.6) is 5.88 Å². The van der Waals surface area contributed by atoms with E-state index in [1.807, 2.05) is 30.3 Å². The van der Waals surface area contributed by atoms with E-state index in [2.05, 4.69) is 14.5 Å². The first-order valence-electron chi connectivity index (χ1n) is 4.86. The molecule has 7 heteroatoms. The molecular weight excluding hydrogens is 242 g/mol. The molecule has 2 rings (SSSR count). The first-order chi connectivity index (χ1) is 8.03. The predicted octanol–water partition coefficient (Wildman–Crippen LogP) is 0.665. The number of benzene rings is 1. The SMILES string of the molecule is CS(=O)(=O)Oc1cn(Cc2ccccc2)nn1. The van der Waals surface area contributed by atoms with Gasteiger partial charge in [0.2, 0.25) is 0 Å². The Labute approximate surface area is 99.0 Å². The Bertz CT molecular complexity index is 592. The summed E-state index contributed by atoms with van der Waals surface area (Å²) in [5.41, 5.74) is 1.04. The van der Waals surface area contributed by atoms with Crippen LogP contribution in [-0.2, 0) is 16.7 Å². The van der Waals surface area contributed by atoms with E-state index in [1.54, 1.807) is 0 Å². The Morgan fingerprint density at radius 1 is 1.29 bits per heavy atom. The maximum Gasteiger partial charge on any atom is 0.307 e. The van der Waals surface area contributed by atoms with Gasteiger partial charge in [-0.3, -0.25) is 0 Å². The Morgan fingerprint density at radius 3 is 2.65 bits per heavy atom.